The average Bonchev–Trinajstić information content (AvgIpc) is 2.75. The highest BCUT2D eigenvalue weighted by atomic mass is 35.5. The van der Waals surface area contributed by atoms with Crippen molar-refractivity contribution >= 4 is 28.2 Å². The van der Waals surface area contributed by atoms with Crippen LogP contribution in [0.15, 0.2) is 48.7 Å². The second kappa shape index (κ2) is 4.63. The lowest BCUT2D eigenvalue weighted by Gasteiger charge is -2.09. The first-order valence-electron chi connectivity index (χ1n) is 6.23. The van der Waals surface area contributed by atoms with Gasteiger partial charge in [0.1, 0.15) is 0 Å². The summed E-state index contributed by atoms with van der Waals surface area (Å²) in [6, 6.07) is 14.2. The van der Waals surface area contributed by atoms with Crippen LogP contribution in [0.2, 0.25) is 5.02 Å². The monoisotopic (exact) mass is 270 g/mol. The van der Waals surface area contributed by atoms with Gasteiger partial charge in [-0.1, -0.05) is 29.8 Å². The van der Waals surface area contributed by atoms with Crippen molar-refractivity contribution in [2.24, 2.45) is 0 Å². The van der Waals surface area contributed by atoms with Crippen molar-refractivity contribution in [1.29, 1.82) is 0 Å². The maximum Gasteiger partial charge on any atom is 0.0504 e. The Hall–Kier alpha value is -1.93. The van der Waals surface area contributed by atoms with Crippen LogP contribution in [0.3, 0.4) is 0 Å². The Bertz CT molecular complexity index is 744. The third-order valence-electron chi connectivity index (χ3n) is 3.35. The Morgan fingerprint density at radius 1 is 1.11 bits per heavy atom. The molecule has 0 saturated carbocycles. The Labute approximate surface area is 117 Å². The smallest absolute Gasteiger partial charge is 0.0504 e. The zero-order valence-electron chi connectivity index (χ0n) is 10.7. The number of hydrogen-bond acceptors (Lipinski definition) is 1. The van der Waals surface area contributed by atoms with Crippen molar-refractivity contribution < 1.29 is 0 Å². The largest absolute Gasteiger partial charge is 0.399 e. The summed E-state index contributed by atoms with van der Waals surface area (Å²) in [4.78, 5) is 0. The van der Waals surface area contributed by atoms with Crippen LogP contribution in [-0.2, 0) is 6.54 Å². The first-order chi connectivity index (χ1) is 9.13. The minimum atomic E-state index is 0.756. The molecule has 1 aromatic heterocycles. The molecular weight excluding hydrogens is 256 g/mol. The van der Waals surface area contributed by atoms with Crippen molar-refractivity contribution in [1.82, 2.24) is 4.57 Å². The van der Waals surface area contributed by atoms with E-state index >= 15 is 0 Å². The molecule has 0 aliphatic carbocycles. The maximum atomic E-state index is 6.29. The number of aryl methyl sites for hydroxylation is 1. The van der Waals surface area contributed by atoms with E-state index in [9.17, 15) is 0 Å². The molecule has 1 heterocycles. The van der Waals surface area contributed by atoms with Gasteiger partial charge >= 0.3 is 0 Å². The number of benzene rings is 2. The first-order valence-corrected chi connectivity index (χ1v) is 6.61. The summed E-state index contributed by atoms with van der Waals surface area (Å²) in [5, 5.41) is 2.00. The zero-order valence-corrected chi connectivity index (χ0v) is 11.5. The van der Waals surface area contributed by atoms with Crippen molar-refractivity contribution in [3.63, 3.8) is 0 Å². The number of halogens is 1. The van der Waals surface area contributed by atoms with E-state index in [1.807, 2.05) is 31.2 Å². The minimum Gasteiger partial charge on any atom is -0.399 e. The van der Waals surface area contributed by atoms with Gasteiger partial charge in [-0.15, -0.1) is 0 Å². The molecule has 96 valence electrons. The molecule has 0 amide bonds. The van der Waals surface area contributed by atoms with E-state index < -0.39 is 0 Å². The third-order valence-corrected chi connectivity index (χ3v) is 3.70. The fraction of sp³-hybridized carbons (Fsp3) is 0.125. The van der Waals surface area contributed by atoms with E-state index in [1.165, 1.54) is 10.9 Å². The first kappa shape index (κ1) is 12.1. The second-order valence-electron chi connectivity index (χ2n) is 4.86. The number of rotatable bonds is 2. The molecule has 0 atom stereocenters. The summed E-state index contributed by atoms with van der Waals surface area (Å²) in [7, 11) is 0. The summed E-state index contributed by atoms with van der Waals surface area (Å²) < 4.78 is 2.17. The molecule has 0 unspecified atom stereocenters. The molecule has 3 aromatic rings. The maximum absolute atomic E-state index is 6.29. The average molecular weight is 271 g/mol. The van der Waals surface area contributed by atoms with Crippen molar-refractivity contribution in [2.75, 3.05) is 5.73 Å². The van der Waals surface area contributed by atoms with Gasteiger partial charge in [-0.05, 0) is 47.7 Å². The normalized spacial score (nSPS) is 11.1. The van der Waals surface area contributed by atoms with Gasteiger partial charge in [-0.25, -0.2) is 0 Å². The van der Waals surface area contributed by atoms with E-state index in [4.69, 9.17) is 17.3 Å². The molecule has 3 rings (SSSR count). The van der Waals surface area contributed by atoms with Crippen LogP contribution in [-0.4, -0.2) is 4.57 Å². The van der Waals surface area contributed by atoms with Gasteiger partial charge in [0.25, 0.3) is 0 Å². The molecule has 0 saturated heterocycles. The number of nitrogens with two attached hydrogens (primary N) is 1. The second-order valence-corrected chi connectivity index (χ2v) is 5.26. The number of anilines is 1. The van der Waals surface area contributed by atoms with Gasteiger partial charge in [-0.3, -0.25) is 0 Å². The van der Waals surface area contributed by atoms with E-state index in [1.54, 1.807) is 0 Å². The van der Waals surface area contributed by atoms with Crippen molar-refractivity contribution in [2.45, 2.75) is 13.5 Å². The number of hydrogen-bond donors (Lipinski definition) is 1. The predicted octanol–water partition coefficient (Wildman–Crippen LogP) is 4.23. The number of fused-ring (bicyclic) bond motifs is 1. The topological polar surface area (TPSA) is 30.9 Å². The molecule has 0 aliphatic heterocycles. The molecule has 0 aliphatic rings. The molecule has 2 N–H and O–H groups in total. The molecule has 3 heteroatoms. The lowest BCUT2D eigenvalue weighted by Crippen LogP contribution is -1.99. The molecule has 0 radical (unpaired) electrons. The molecule has 0 bridgehead atoms. The molecule has 19 heavy (non-hydrogen) atoms. The summed E-state index contributed by atoms with van der Waals surface area (Å²) in [6.45, 7) is 2.80. The summed E-state index contributed by atoms with van der Waals surface area (Å²) in [5.74, 6) is 0. The summed E-state index contributed by atoms with van der Waals surface area (Å²) in [6.07, 6.45) is 2.07. The fourth-order valence-electron chi connectivity index (χ4n) is 2.30. The Morgan fingerprint density at radius 2 is 1.95 bits per heavy atom. The van der Waals surface area contributed by atoms with Gasteiger partial charge in [0.2, 0.25) is 0 Å². The quantitative estimate of drug-likeness (QED) is 0.694. The van der Waals surface area contributed by atoms with Gasteiger partial charge in [0, 0.05) is 23.5 Å². The Balaban J connectivity index is 2.03. The molecule has 2 aromatic carbocycles. The van der Waals surface area contributed by atoms with E-state index in [-0.39, 0.29) is 0 Å². The minimum absolute atomic E-state index is 0.756. The van der Waals surface area contributed by atoms with Gasteiger partial charge in [0.05, 0.1) is 5.52 Å². The molecule has 0 fully saturated rings. The highest BCUT2D eigenvalue weighted by Gasteiger charge is 2.05. The van der Waals surface area contributed by atoms with Crippen molar-refractivity contribution in [3.05, 3.63) is 64.8 Å². The fourth-order valence-corrected chi connectivity index (χ4v) is 2.60. The highest BCUT2D eigenvalue weighted by Crippen LogP contribution is 2.23. The highest BCUT2D eigenvalue weighted by molar-refractivity contribution is 6.31. The van der Waals surface area contributed by atoms with Crippen LogP contribution in [0.4, 0.5) is 5.69 Å². The zero-order chi connectivity index (χ0) is 13.4. The Kier molecular flexibility index (Phi) is 2.96. The van der Waals surface area contributed by atoms with Crippen LogP contribution < -0.4 is 5.73 Å². The summed E-state index contributed by atoms with van der Waals surface area (Å²) >= 11 is 6.29. The van der Waals surface area contributed by atoms with Crippen molar-refractivity contribution in [3.8, 4) is 0 Å². The van der Waals surface area contributed by atoms with Gasteiger partial charge in [0.15, 0.2) is 0 Å². The molecule has 2 nitrogen and oxygen atoms in total. The number of nitrogens with zero attached hydrogens (tertiary/aromatic N) is 1. The van der Waals surface area contributed by atoms with Gasteiger partial charge < -0.3 is 10.3 Å². The van der Waals surface area contributed by atoms with Crippen LogP contribution in [0, 0.1) is 6.92 Å². The standard InChI is InChI=1S/C16H15ClN2/c1-11-2-3-13(15(17)8-11)10-19-7-6-12-4-5-14(18)9-16(12)19/h2-9H,10,18H2,1H3. The summed E-state index contributed by atoms with van der Waals surface area (Å²) in [5.41, 5.74) is 10.1. The van der Waals surface area contributed by atoms with Crippen LogP contribution >= 0.6 is 11.6 Å². The van der Waals surface area contributed by atoms with E-state index in [2.05, 4.69) is 29.0 Å². The van der Waals surface area contributed by atoms with Crippen LogP contribution in [0.25, 0.3) is 10.9 Å². The van der Waals surface area contributed by atoms with Crippen LogP contribution in [0.5, 0.6) is 0 Å². The number of aromatic nitrogens is 1. The SMILES string of the molecule is Cc1ccc(Cn2ccc3ccc(N)cc32)c(Cl)c1. The predicted molar refractivity (Wildman–Crippen MR) is 81.6 cm³/mol. The lowest BCUT2D eigenvalue weighted by molar-refractivity contribution is 0.837. The van der Waals surface area contributed by atoms with E-state index in [0.29, 0.717) is 0 Å². The van der Waals surface area contributed by atoms with Gasteiger partial charge in [-0.2, -0.15) is 0 Å². The third kappa shape index (κ3) is 2.32. The van der Waals surface area contributed by atoms with Crippen LogP contribution in [0.1, 0.15) is 11.1 Å². The van der Waals surface area contributed by atoms with E-state index in [0.717, 1.165) is 28.3 Å². The Morgan fingerprint density at radius 3 is 2.74 bits per heavy atom. The molecule has 0 spiro atoms. The number of nitrogen functional groups attached to an aromatic ring is 1. The molecular formula is C16H15ClN2. The lowest BCUT2D eigenvalue weighted by atomic mass is 10.1.